The van der Waals surface area contributed by atoms with Crippen LogP contribution in [0.2, 0.25) is 0 Å². The number of nitrogens with one attached hydrogen (secondary N) is 2. The molecule has 0 saturated heterocycles. The summed E-state index contributed by atoms with van der Waals surface area (Å²) >= 11 is 0. The van der Waals surface area contributed by atoms with Crippen molar-refractivity contribution < 1.29 is 14.7 Å². The lowest BCUT2D eigenvalue weighted by molar-refractivity contribution is -0.131. The van der Waals surface area contributed by atoms with E-state index in [9.17, 15) is 9.59 Å². The third-order valence-corrected chi connectivity index (χ3v) is 2.08. The summed E-state index contributed by atoms with van der Waals surface area (Å²) in [7, 11) is 0. The van der Waals surface area contributed by atoms with Gasteiger partial charge in [0.05, 0.1) is 6.54 Å². The molecule has 0 aliphatic carbocycles. The number of anilines is 1. The largest absolute Gasteiger partial charge is 0.478 e. The quantitative estimate of drug-likeness (QED) is 0.570. The Hall–Kier alpha value is -2.74. The van der Waals surface area contributed by atoms with Crippen molar-refractivity contribution in [1.29, 1.82) is 0 Å². The standard InChI is InChI=1S/C14H14N2O3/c1-2-3-9-15-14(19)16-12-6-4-5-11(10-12)7-8-13(17)18/h4-8,10H,9H2,1H3,(H,17,18)(H2,15,16,19)/b8-7+. The third kappa shape index (κ3) is 5.94. The number of carbonyl (C=O) groups excluding carboxylic acids is 1. The third-order valence-electron chi connectivity index (χ3n) is 2.08. The van der Waals surface area contributed by atoms with E-state index in [1.54, 1.807) is 31.2 Å². The maximum atomic E-state index is 11.5. The number of carbonyl (C=O) groups is 2. The number of amides is 2. The van der Waals surface area contributed by atoms with Gasteiger partial charge in [-0.25, -0.2) is 9.59 Å². The van der Waals surface area contributed by atoms with Gasteiger partial charge in [0.2, 0.25) is 0 Å². The number of carboxylic acids is 1. The molecule has 0 unspecified atom stereocenters. The second-order valence-electron chi connectivity index (χ2n) is 3.53. The summed E-state index contributed by atoms with van der Waals surface area (Å²) in [6.07, 6.45) is 2.49. The molecule has 0 aliphatic heterocycles. The van der Waals surface area contributed by atoms with Gasteiger partial charge in [0.15, 0.2) is 0 Å². The summed E-state index contributed by atoms with van der Waals surface area (Å²) < 4.78 is 0. The van der Waals surface area contributed by atoms with Crippen molar-refractivity contribution in [2.45, 2.75) is 6.92 Å². The van der Waals surface area contributed by atoms with Crippen LogP contribution in [0.4, 0.5) is 10.5 Å². The fraction of sp³-hybridized carbons (Fsp3) is 0.143. The molecule has 1 rings (SSSR count). The van der Waals surface area contributed by atoms with E-state index in [4.69, 9.17) is 5.11 Å². The SMILES string of the molecule is CC#CCNC(=O)Nc1cccc(/C=C/C(=O)O)c1. The molecule has 5 heteroatoms. The predicted molar refractivity (Wildman–Crippen MR) is 73.6 cm³/mol. The van der Waals surface area contributed by atoms with Gasteiger partial charge in [-0.3, -0.25) is 0 Å². The number of aliphatic carboxylic acids is 1. The van der Waals surface area contributed by atoms with Gasteiger partial charge in [-0.05, 0) is 30.7 Å². The van der Waals surface area contributed by atoms with Gasteiger partial charge in [-0.1, -0.05) is 18.1 Å². The molecule has 98 valence electrons. The maximum absolute atomic E-state index is 11.5. The second kappa shape index (κ2) is 7.56. The topological polar surface area (TPSA) is 78.4 Å². The van der Waals surface area contributed by atoms with Crippen molar-refractivity contribution in [2.75, 3.05) is 11.9 Å². The zero-order chi connectivity index (χ0) is 14.1. The zero-order valence-corrected chi connectivity index (χ0v) is 10.4. The molecule has 0 heterocycles. The number of benzene rings is 1. The summed E-state index contributed by atoms with van der Waals surface area (Å²) in [5, 5.41) is 13.7. The van der Waals surface area contributed by atoms with Gasteiger partial charge in [0, 0.05) is 11.8 Å². The fourth-order valence-electron chi connectivity index (χ4n) is 1.28. The van der Waals surface area contributed by atoms with Crippen LogP contribution in [0.5, 0.6) is 0 Å². The monoisotopic (exact) mass is 258 g/mol. The summed E-state index contributed by atoms with van der Waals surface area (Å²) in [5.74, 6) is 4.36. The molecule has 5 nitrogen and oxygen atoms in total. The second-order valence-corrected chi connectivity index (χ2v) is 3.53. The Balaban J connectivity index is 2.63. The first-order chi connectivity index (χ1) is 9.11. The average Bonchev–Trinajstić information content (AvgIpc) is 2.37. The van der Waals surface area contributed by atoms with E-state index in [1.807, 2.05) is 0 Å². The highest BCUT2D eigenvalue weighted by Gasteiger charge is 2.00. The highest BCUT2D eigenvalue weighted by atomic mass is 16.4. The van der Waals surface area contributed by atoms with Crippen LogP contribution in [0, 0.1) is 11.8 Å². The van der Waals surface area contributed by atoms with Crippen molar-refractivity contribution in [3.8, 4) is 11.8 Å². The van der Waals surface area contributed by atoms with Crippen LogP contribution in [0.1, 0.15) is 12.5 Å². The Kier molecular flexibility index (Phi) is 5.70. The molecule has 1 aromatic carbocycles. The van der Waals surface area contributed by atoms with Crippen LogP contribution in [0.15, 0.2) is 30.3 Å². The van der Waals surface area contributed by atoms with Crippen molar-refractivity contribution in [3.63, 3.8) is 0 Å². The Morgan fingerprint density at radius 1 is 1.42 bits per heavy atom. The molecular formula is C14H14N2O3. The molecule has 0 bridgehead atoms. The van der Waals surface area contributed by atoms with E-state index in [-0.39, 0.29) is 12.6 Å². The number of urea groups is 1. The highest BCUT2D eigenvalue weighted by Crippen LogP contribution is 2.11. The van der Waals surface area contributed by atoms with E-state index in [0.717, 1.165) is 6.08 Å². The van der Waals surface area contributed by atoms with Crippen molar-refractivity contribution in [1.82, 2.24) is 5.32 Å². The molecule has 0 spiro atoms. The molecule has 1 aromatic rings. The first-order valence-corrected chi connectivity index (χ1v) is 5.57. The van der Waals surface area contributed by atoms with E-state index in [1.165, 1.54) is 6.08 Å². The van der Waals surface area contributed by atoms with Crippen LogP contribution in [0.3, 0.4) is 0 Å². The lowest BCUT2D eigenvalue weighted by atomic mass is 10.2. The first-order valence-electron chi connectivity index (χ1n) is 5.57. The smallest absolute Gasteiger partial charge is 0.328 e. The molecule has 19 heavy (non-hydrogen) atoms. The van der Waals surface area contributed by atoms with Crippen LogP contribution in [-0.2, 0) is 4.79 Å². The number of carboxylic acid groups (broad SMARTS) is 1. The molecule has 0 atom stereocenters. The predicted octanol–water partition coefficient (Wildman–Crippen LogP) is 1.93. The van der Waals surface area contributed by atoms with Gasteiger partial charge in [0.25, 0.3) is 0 Å². The molecule has 0 aromatic heterocycles. The van der Waals surface area contributed by atoms with Gasteiger partial charge >= 0.3 is 12.0 Å². The molecule has 0 aliphatic rings. The van der Waals surface area contributed by atoms with E-state index >= 15 is 0 Å². The number of hydrogen-bond donors (Lipinski definition) is 3. The van der Waals surface area contributed by atoms with Crippen LogP contribution in [0.25, 0.3) is 6.08 Å². The number of hydrogen-bond acceptors (Lipinski definition) is 2. The minimum Gasteiger partial charge on any atom is -0.478 e. The summed E-state index contributed by atoms with van der Waals surface area (Å²) in [6, 6.07) is 6.49. The highest BCUT2D eigenvalue weighted by molar-refractivity contribution is 5.90. The van der Waals surface area contributed by atoms with Crippen molar-refractivity contribution in [2.24, 2.45) is 0 Å². The van der Waals surface area contributed by atoms with Crippen LogP contribution in [-0.4, -0.2) is 23.7 Å². The molecule has 3 N–H and O–H groups in total. The van der Waals surface area contributed by atoms with Crippen LogP contribution < -0.4 is 10.6 Å². The molecule has 0 radical (unpaired) electrons. The van der Waals surface area contributed by atoms with E-state index in [2.05, 4.69) is 22.5 Å². The van der Waals surface area contributed by atoms with Gasteiger partial charge in [-0.2, -0.15) is 0 Å². The van der Waals surface area contributed by atoms with Gasteiger partial charge in [-0.15, -0.1) is 5.92 Å². The van der Waals surface area contributed by atoms with Crippen molar-refractivity contribution in [3.05, 3.63) is 35.9 Å². The minimum atomic E-state index is -1.02. The van der Waals surface area contributed by atoms with E-state index < -0.39 is 5.97 Å². The Morgan fingerprint density at radius 3 is 2.89 bits per heavy atom. The summed E-state index contributed by atoms with van der Waals surface area (Å²) in [4.78, 5) is 21.9. The Bertz CT molecular complexity index is 553. The fourth-order valence-corrected chi connectivity index (χ4v) is 1.28. The maximum Gasteiger partial charge on any atom is 0.328 e. The van der Waals surface area contributed by atoms with Crippen molar-refractivity contribution >= 4 is 23.8 Å². The van der Waals surface area contributed by atoms with Crippen LogP contribution >= 0.6 is 0 Å². The summed E-state index contributed by atoms with van der Waals surface area (Å²) in [6.45, 7) is 1.97. The lowest BCUT2D eigenvalue weighted by Gasteiger charge is -2.05. The van der Waals surface area contributed by atoms with E-state index in [0.29, 0.717) is 11.3 Å². The first kappa shape index (κ1) is 14.3. The Morgan fingerprint density at radius 2 is 2.21 bits per heavy atom. The number of rotatable bonds is 4. The Labute approximate surface area is 111 Å². The molecular weight excluding hydrogens is 244 g/mol. The molecule has 2 amide bonds. The minimum absolute atomic E-state index is 0.279. The molecule has 0 saturated carbocycles. The normalized spacial score (nSPS) is 9.53. The van der Waals surface area contributed by atoms with Gasteiger partial charge in [0.1, 0.15) is 0 Å². The van der Waals surface area contributed by atoms with Gasteiger partial charge < -0.3 is 15.7 Å². The molecule has 0 fully saturated rings. The zero-order valence-electron chi connectivity index (χ0n) is 10.4. The lowest BCUT2D eigenvalue weighted by Crippen LogP contribution is -2.28. The average molecular weight is 258 g/mol. The summed E-state index contributed by atoms with van der Waals surface area (Å²) in [5.41, 5.74) is 1.27.